The molecule has 30 heavy (non-hydrogen) atoms. The molecule has 8 heteroatoms. The zero-order chi connectivity index (χ0) is 21.3. The van der Waals surface area contributed by atoms with E-state index < -0.39 is 6.04 Å². The highest BCUT2D eigenvalue weighted by atomic mass is 16.2. The van der Waals surface area contributed by atoms with Crippen molar-refractivity contribution in [2.24, 2.45) is 0 Å². The molecule has 2 aliphatic rings. The average Bonchev–Trinajstić information content (AvgIpc) is 3.04. The van der Waals surface area contributed by atoms with Crippen molar-refractivity contribution in [3.63, 3.8) is 0 Å². The van der Waals surface area contributed by atoms with Gasteiger partial charge in [0.25, 0.3) is 0 Å². The molecule has 0 radical (unpaired) electrons. The number of hydrogen-bond acceptors (Lipinski definition) is 5. The van der Waals surface area contributed by atoms with Crippen LogP contribution in [0.25, 0.3) is 5.70 Å². The second kappa shape index (κ2) is 7.90. The maximum absolute atomic E-state index is 12.2. The average molecular weight is 405 g/mol. The van der Waals surface area contributed by atoms with E-state index in [4.69, 9.17) is 5.73 Å². The number of nitrogens with zero attached hydrogens (tertiary/aromatic N) is 1. The molecule has 2 heterocycles. The molecule has 2 aromatic carbocycles. The summed E-state index contributed by atoms with van der Waals surface area (Å²) in [7, 11) is 0. The summed E-state index contributed by atoms with van der Waals surface area (Å²) in [6, 6.07) is 12.1. The van der Waals surface area contributed by atoms with Gasteiger partial charge in [-0.25, -0.2) is 4.79 Å². The third-order valence-electron chi connectivity index (χ3n) is 5.38. The van der Waals surface area contributed by atoms with Gasteiger partial charge in [-0.3, -0.25) is 14.9 Å². The zero-order valence-electron chi connectivity index (χ0n) is 16.4. The Morgan fingerprint density at radius 1 is 1.20 bits per heavy atom. The third-order valence-corrected chi connectivity index (χ3v) is 5.38. The highest BCUT2D eigenvalue weighted by Gasteiger charge is 2.36. The molecule has 0 aliphatic carbocycles. The summed E-state index contributed by atoms with van der Waals surface area (Å²) in [6.07, 6.45) is 0.812. The minimum absolute atomic E-state index is 0.232. The summed E-state index contributed by atoms with van der Waals surface area (Å²) in [6.45, 7) is 5.04. The molecule has 1 fully saturated rings. The minimum Gasteiger partial charge on any atom is -0.399 e. The first-order valence-electron chi connectivity index (χ1n) is 9.72. The van der Waals surface area contributed by atoms with E-state index in [1.54, 1.807) is 24.3 Å². The predicted octanol–water partition coefficient (Wildman–Crippen LogP) is 2.18. The van der Waals surface area contributed by atoms with Crippen molar-refractivity contribution in [2.75, 3.05) is 11.1 Å². The van der Waals surface area contributed by atoms with Gasteiger partial charge in [0.2, 0.25) is 11.8 Å². The molecule has 0 aromatic heterocycles. The first-order chi connectivity index (χ1) is 14.4. The fourth-order valence-electron chi connectivity index (χ4n) is 3.80. The van der Waals surface area contributed by atoms with Crippen molar-refractivity contribution in [3.8, 4) is 0 Å². The molecule has 2 aliphatic heterocycles. The summed E-state index contributed by atoms with van der Waals surface area (Å²) in [5.41, 5.74) is 10.7. The van der Waals surface area contributed by atoms with E-state index in [9.17, 15) is 14.4 Å². The molecule has 4 rings (SSSR count). The number of fused-ring (bicyclic) bond motifs is 1. The van der Waals surface area contributed by atoms with Crippen LogP contribution in [0, 0.1) is 0 Å². The number of nitrogens with two attached hydrogens (primary N) is 1. The quantitative estimate of drug-likeness (QED) is 0.460. The molecule has 8 nitrogen and oxygen atoms in total. The van der Waals surface area contributed by atoms with Gasteiger partial charge in [-0.2, -0.15) is 0 Å². The van der Waals surface area contributed by atoms with Crippen LogP contribution < -0.4 is 21.7 Å². The van der Waals surface area contributed by atoms with Crippen LogP contribution in [0.3, 0.4) is 0 Å². The summed E-state index contributed by atoms with van der Waals surface area (Å²) in [5, 5.41) is 7.99. The molecule has 1 saturated heterocycles. The standard InChI is InChI=1S/C22H23N5O3/c1-13-18-7-2-14(11-24-22(30)25-17-5-3-16(23)4-6-17)10-15(18)12-27(13)19-8-9-20(28)26-21(19)29/h2-7,10,19H,1,8-9,11-12,23H2,(H2,24,25,30)(H,26,28,29). The van der Waals surface area contributed by atoms with Crippen molar-refractivity contribution in [3.05, 3.63) is 65.7 Å². The van der Waals surface area contributed by atoms with Crippen LogP contribution in [0.2, 0.25) is 0 Å². The second-order valence-corrected chi connectivity index (χ2v) is 7.46. The molecule has 1 unspecified atom stereocenters. The summed E-state index contributed by atoms with van der Waals surface area (Å²) < 4.78 is 0. The monoisotopic (exact) mass is 405 g/mol. The van der Waals surface area contributed by atoms with Crippen molar-refractivity contribution in [1.82, 2.24) is 15.5 Å². The number of anilines is 2. The first kappa shape index (κ1) is 19.5. The van der Waals surface area contributed by atoms with Gasteiger partial charge >= 0.3 is 6.03 Å². The van der Waals surface area contributed by atoms with Crippen LogP contribution in [0.1, 0.15) is 29.5 Å². The van der Waals surface area contributed by atoms with E-state index in [1.165, 1.54) is 0 Å². The number of benzene rings is 2. The van der Waals surface area contributed by atoms with Gasteiger partial charge in [0.05, 0.1) is 0 Å². The van der Waals surface area contributed by atoms with Crippen molar-refractivity contribution in [2.45, 2.75) is 32.0 Å². The highest BCUT2D eigenvalue weighted by Crippen LogP contribution is 2.35. The molecule has 2 aromatic rings. The Kier molecular flexibility index (Phi) is 5.14. The van der Waals surface area contributed by atoms with Crippen molar-refractivity contribution in [1.29, 1.82) is 0 Å². The number of nitrogen functional groups attached to an aromatic ring is 1. The Labute approximate surface area is 174 Å². The molecule has 5 N–H and O–H groups in total. The van der Waals surface area contributed by atoms with Crippen LogP contribution in [-0.4, -0.2) is 28.8 Å². The lowest BCUT2D eigenvalue weighted by Gasteiger charge is -2.31. The second-order valence-electron chi connectivity index (χ2n) is 7.46. The molecule has 154 valence electrons. The molecule has 0 saturated carbocycles. The predicted molar refractivity (Wildman–Crippen MR) is 114 cm³/mol. The van der Waals surface area contributed by atoms with Crippen LogP contribution >= 0.6 is 0 Å². The van der Waals surface area contributed by atoms with Crippen LogP contribution in [0.5, 0.6) is 0 Å². The van der Waals surface area contributed by atoms with Crippen molar-refractivity contribution < 1.29 is 14.4 Å². The van der Waals surface area contributed by atoms with Crippen LogP contribution in [0.4, 0.5) is 16.2 Å². The van der Waals surface area contributed by atoms with E-state index in [2.05, 4.69) is 22.5 Å². The zero-order valence-corrected chi connectivity index (χ0v) is 16.4. The normalized spacial score (nSPS) is 18.1. The number of carbonyl (C=O) groups excluding carboxylic acids is 3. The summed E-state index contributed by atoms with van der Waals surface area (Å²) in [5.74, 6) is -0.509. The molecule has 0 spiro atoms. The smallest absolute Gasteiger partial charge is 0.319 e. The van der Waals surface area contributed by atoms with Gasteiger partial charge in [-0.1, -0.05) is 24.8 Å². The topological polar surface area (TPSA) is 117 Å². The molecular weight excluding hydrogens is 382 g/mol. The van der Waals surface area contributed by atoms with Gasteiger partial charge in [-0.05, 0) is 41.8 Å². The Bertz CT molecular complexity index is 1030. The molecule has 0 bridgehead atoms. The Morgan fingerprint density at radius 3 is 2.70 bits per heavy atom. The van der Waals surface area contributed by atoms with E-state index >= 15 is 0 Å². The Balaban J connectivity index is 1.38. The summed E-state index contributed by atoms with van der Waals surface area (Å²) in [4.78, 5) is 37.7. The fourth-order valence-corrected chi connectivity index (χ4v) is 3.80. The maximum Gasteiger partial charge on any atom is 0.319 e. The number of imide groups is 1. The Hall–Kier alpha value is -3.81. The van der Waals surface area contributed by atoms with E-state index in [0.29, 0.717) is 37.3 Å². The van der Waals surface area contributed by atoms with E-state index in [1.807, 2.05) is 23.1 Å². The van der Waals surface area contributed by atoms with Crippen LogP contribution in [-0.2, 0) is 22.7 Å². The number of rotatable bonds is 4. The number of amides is 4. The number of carbonyl (C=O) groups is 3. The lowest BCUT2D eigenvalue weighted by Crippen LogP contribution is -2.50. The lowest BCUT2D eigenvalue weighted by atomic mass is 10.0. The highest BCUT2D eigenvalue weighted by molar-refractivity contribution is 6.01. The first-order valence-corrected chi connectivity index (χ1v) is 9.72. The fraction of sp³-hybridized carbons (Fsp3) is 0.227. The van der Waals surface area contributed by atoms with Crippen molar-refractivity contribution >= 4 is 34.9 Å². The van der Waals surface area contributed by atoms with Gasteiger partial charge < -0.3 is 21.3 Å². The lowest BCUT2D eigenvalue weighted by molar-refractivity contribution is -0.136. The number of nitrogens with one attached hydrogen (secondary N) is 3. The van der Waals surface area contributed by atoms with E-state index in [0.717, 1.165) is 22.4 Å². The number of piperidine rings is 1. The van der Waals surface area contributed by atoms with E-state index in [-0.39, 0.29) is 17.8 Å². The largest absolute Gasteiger partial charge is 0.399 e. The van der Waals surface area contributed by atoms with Gasteiger partial charge in [0.15, 0.2) is 0 Å². The number of urea groups is 1. The van der Waals surface area contributed by atoms with Gasteiger partial charge in [0, 0.05) is 42.1 Å². The number of hydrogen-bond donors (Lipinski definition) is 4. The molecular formula is C22H23N5O3. The van der Waals surface area contributed by atoms with Gasteiger partial charge in [0.1, 0.15) is 6.04 Å². The summed E-state index contributed by atoms with van der Waals surface area (Å²) >= 11 is 0. The van der Waals surface area contributed by atoms with Gasteiger partial charge in [-0.15, -0.1) is 0 Å². The minimum atomic E-state index is -0.394. The molecule has 4 amide bonds. The maximum atomic E-state index is 12.2. The molecule has 1 atom stereocenters. The third kappa shape index (κ3) is 3.98. The van der Waals surface area contributed by atoms with Crippen LogP contribution in [0.15, 0.2) is 49.0 Å². The Morgan fingerprint density at radius 2 is 1.97 bits per heavy atom. The SMILES string of the molecule is C=C1c2ccc(CNC(=O)Nc3ccc(N)cc3)cc2CN1C1CCC(=O)NC1=O.